The van der Waals surface area contributed by atoms with Crippen molar-refractivity contribution in [2.75, 3.05) is 26.8 Å². The van der Waals surface area contributed by atoms with E-state index in [2.05, 4.69) is 64.8 Å². The van der Waals surface area contributed by atoms with E-state index in [9.17, 15) is 4.79 Å². The zero-order chi connectivity index (χ0) is 25.3. The Bertz CT molecular complexity index is 746. The molecule has 3 saturated heterocycles. The molecule has 206 valence electrons. The van der Waals surface area contributed by atoms with Gasteiger partial charge in [0.05, 0.1) is 24.0 Å². The number of hydrogen-bond acceptors (Lipinski definition) is 8. The van der Waals surface area contributed by atoms with Gasteiger partial charge in [-0.15, -0.1) is 0 Å². The van der Waals surface area contributed by atoms with Gasteiger partial charge in [0.15, 0.2) is 0 Å². The van der Waals surface area contributed by atoms with E-state index in [4.69, 9.17) is 4.74 Å². The second-order valence-corrected chi connectivity index (χ2v) is 13.0. The fraction of sp³-hybridized carbons (Fsp3) is 0.963. The molecule has 2 aliphatic carbocycles. The van der Waals surface area contributed by atoms with Crippen LogP contribution in [0.25, 0.3) is 0 Å². The third kappa shape index (κ3) is 6.25. The van der Waals surface area contributed by atoms with Crippen LogP contribution in [-0.4, -0.2) is 79.8 Å². The SMILES string of the molecule is CC1CCC2OC(C)(C)C[C@H](NC(=O)C3CCCC(NCC4NNC(C5CCNCN5)N4C)C3)C2C1. The number of rotatable bonds is 6. The Morgan fingerprint density at radius 2 is 1.97 bits per heavy atom. The standard InChI is InChI=1S/C27H51N7O2/c1-17-8-9-23-20(12-17)22(14-27(2,3)36-23)31-26(35)18-6-5-7-19(13-18)29-15-24-32-33-25(34(24)4)21-10-11-28-16-30-21/h17-25,28-30,32-33H,5-16H2,1-4H3,(H,31,35)/t17?,18?,19?,20?,21?,22-,23?,24?,25?/m0/s1. The average molecular weight is 506 g/mol. The average Bonchev–Trinajstić information content (AvgIpc) is 3.23. The molecule has 9 heteroatoms. The Morgan fingerprint density at radius 3 is 2.78 bits per heavy atom. The van der Waals surface area contributed by atoms with E-state index < -0.39 is 0 Å². The molecule has 9 atom stereocenters. The third-order valence-electron chi connectivity index (χ3n) is 9.60. The molecule has 5 fully saturated rings. The van der Waals surface area contributed by atoms with Crippen molar-refractivity contribution in [2.45, 2.75) is 121 Å². The minimum absolute atomic E-state index is 0.112. The molecule has 2 saturated carbocycles. The number of fused-ring (bicyclic) bond motifs is 1. The summed E-state index contributed by atoms with van der Waals surface area (Å²) >= 11 is 0. The van der Waals surface area contributed by atoms with E-state index in [0.717, 1.165) is 70.6 Å². The van der Waals surface area contributed by atoms with Gasteiger partial charge in [-0.2, -0.15) is 0 Å². The minimum Gasteiger partial charge on any atom is -0.372 e. The summed E-state index contributed by atoms with van der Waals surface area (Å²) in [5.74, 6) is 1.57. The Hall–Kier alpha value is -0.810. The maximum Gasteiger partial charge on any atom is 0.223 e. The number of amides is 1. The van der Waals surface area contributed by atoms with Gasteiger partial charge < -0.3 is 20.7 Å². The van der Waals surface area contributed by atoms with E-state index in [1.807, 2.05) is 0 Å². The molecule has 9 nitrogen and oxygen atoms in total. The Labute approximate surface area is 218 Å². The third-order valence-corrected chi connectivity index (χ3v) is 9.60. The molecule has 0 aromatic rings. The molecular formula is C27H51N7O2. The van der Waals surface area contributed by atoms with Crippen molar-refractivity contribution in [2.24, 2.45) is 17.8 Å². The molecule has 0 aromatic heterocycles. The molecule has 36 heavy (non-hydrogen) atoms. The molecule has 5 rings (SSSR count). The summed E-state index contributed by atoms with van der Waals surface area (Å²) in [4.78, 5) is 15.9. The lowest BCUT2D eigenvalue weighted by atomic mass is 9.71. The van der Waals surface area contributed by atoms with Crippen LogP contribution in [0.5, 0.6) is 0 Å². The lowest BCUT2D eigenvalue weighted by Gasteiger charge is -2.50. The maximum atomic E-state index is 13.5. The maximum absolute atomic E-state index is 13.5. The highest BCUT2D eigenvalue weighted by molar-refractivity contribution is 5.79. The van der Waals surface area contributed by atoms with Crippen molar-refractivity contribution in [3.63, 3.8) is 0 Å². The molecule has 8 unspecified atom stereocenters. The van der Waals surface area contributed by atoms with E-state index in [0.29, 0.717) is 30.3 Å². The van der Waals surface area contributed by atoms with Crippen molar-refractivity contribution < 1.29 is 9.53 Å². The predicted octanol–water partition coefficient (Wildman–Crippen LogP) is 1.22. The van der Waals surface area contributed by atoms with Crippen LogP contribution in [0.15, 0.2) is 0 Å². The highest BCUT2D eigenvalue weighted by Crippen LogP contribution is 2.42. The van der Waals surface area contributed by atoms with Crippen LogP contribution >= 0.6 is 0 Å². The first kappa shape index (κ1) is 26.8. The van der Waals surface area contributed by atoms with Crippen LogP contribution < -0.4 is 32.1 Å². The van der Waals surface area contributed by atoms with E-state index in [-0.39, 0.29) is 29.6 Å². The van der Waals surface area contributed by atoms with Crippen molar-refractivity contribution in [3.05, 3.63) is 0 Å². The van der Waals surface area contributed by atoms with Crippen molar-refractivity contribution in [1.29, 1.82) is 0 Å². The van der Waals surface area contributed by atoms with Crippen molar-refractivity contribution in [3.8, 4) is 0 Å². The lowest BCUT2D eigenvalue weighted by Crippen LogP contribution is -2.58. The summed E-state index contributed by atoms with van der Waals surface area (Å²) in [6, 6.07) is 1.08. The van der Waals surface area contributed by atoms with Gasteiger partial charge in [0.2, 0.25) is 5.91 Å². The monoisotopic (exact) mass is 505 g/mol. The van der Waals surface area contributed by atoms with Gasteiger partial charge in [-0.1, -0.05) is 13.3 Å². The summed E-state index contributed by atoms with van der Waals surface area (Å²) in [5, 5.41) is 14.3. The molecule has 3 aliphatic heterocycles. The first-order valence-electron chi connectivity index (χ1n) is 14.7. The summed E-state index contributed by atoms with van der Waals surface area (Å²) < 4.78 is 6.45. The quantitative estimate of drug-likeness (QED) is 0.321. The number of likely N-dealkylation sites (N-methyl/N-ethyl adjacent to an activating group) is 1. The minimum atomic E-state index is -0.161. The number of ether oxygens (including phenoxy) is 1. The Balaban J connectivity index is 1.11. The number of hydrazine groups is 1. The molecule has 5 aliphatic rings. The molecule has 0 bridgehead atoms. The second kappa shape index (κ2) is 11.5. The Kier molecular flexibility index (Phi) is 8.57. The second-order valence-electron chi connectivity index (χ2n) is 13.0. The molecule has 0 spiro atoms. The lowest BCUT2D eigenvalue weighted by molar-refractivity contribution is -0.166. The molecular weight excluding hydrogens is 454 g/mol. The summed E-state index contributed by atoms with van der Waals surface area (Å²) in [6.07, 6.45) is 10.6. The van der Waals surface area contributed by atoms with Crippen LogP contribution in [-0.2, 0) is 9.53 Å². The van der Waals surface area contributed by atoms with Crippen molar-refractivity contribution >= 4 is 5.91 Å². The van der Waals surface area contributed by atoms with Gasteiger partial charge in [0.25, 0.3) is 0 Å². The number of carbonyl (C=O) groups excluding carboxylic acids is 1. The zero-order valence-electron chi connectivity index (χ0n) is 22.9. The van der Waals surface area contributed by atoms with Crippen LogP contribution in [0.2, 0.25) is 0 Å². The first-order chi connectivity index (χ1) is 17.3. The zero-order valence-corrected chi connectivity index (χ0v) is 22.9. The van der Waals surface area contributed by atoms with Gasteiger partial charge in [-0.25, -0.2) is 10.9 Å². The van der Waals surface area contributed by atoms with Gasteiger partial charge in [0.1, 0.15) is 0 Å². The number of hydrogen-bond donors (Lipinski definition) is 6. The van der Waals surface area contributed by atoms with Gasteiger partial charge in [-0.05, 0) is 84.7 Å². The van der Waals surface area contributed by atoms with Crippen molar-refractivity contribution in [1.82, 2.24) is 37.0 Å². The molecule has 6 N–H and O–H groups in total. The highest BCUT2D eigenvalue weighted by atomic mass is 16.5. The molecule has 0 aromatic carbocycles. The summed E-state index contributed by atoms with van der Waals surface area (Å²) in [7, 11) is 2.19. The van der Waals surface area contributed by atoms with Crippen LogP contribution in [0.1, 0.15) is 78.6 Å². The normalized spacial score (nSPS) is 43.6. The molecule has 3 heterocycles. The predicted molar refractivity (Wildman–Crippen MR) is 142 cm³/mol. The van der Waals surface area contributed by atoms with E-state index >= 15 is 0 Å². The smallest absolute Gasteiger partial charge is 0.223 e. The van der Waals surface area contributed by atoms with Crippen LogP contribution in [0, 0.1) is 17.8 Å². The fourth-order valence-corrected chi connectivity index (χ4v) is 7.54. The van der Waals surface area contributed by atoms with E-state index in [1.54, 1.807) is 0 Å². The van der Waals surface area contributed by atoms with E-state index in [1.165, 1.54) is 12.8 Å². The van der Waals surface area contributed by atoms with Gasteiger partial charge >= 0.3 is 0 Å². The van der Waals surface area contributed by atoms with Gasteiger partial charge in [0, 0.05) is 43.2 Å². The number of nitrogens with zero attached hydrogens (tertiary/aromatic N) is 1. The van der Waals surface area contributed by atoms with Gasteiger partial charge in [-0.3, -0.25) is 15.0 Å². The number of nitrogens with one attached hydrogen (secondary N) is 6. The molecule has 1 amide bonds. The Morgan fingerprint density at radius 1 is 1.11 bits per heavy atom. The van der Waals surface area contributed by atoms with Crippen LogP contribution in [0.3, 0.4) is 0 Å². The topological polar surface area (TPSA) is 102 Å². The largest absolute Gasteiger partial charge is 0.372 e. The van der Waals surface area contributed by atoms with Crippen LogP contribution in [0.4, 0.5) is 0 Å². The first-order valence-corrected chi connectivity index (χ1v) is 14.7. The molecule has 0 radical (unpaired) electrons. The fourth-order valence-electron chi connectivity index (χ4n) is 7.54. The highest BCUT2D eigenvalue weighted by Gasteiger charge is 2.45. The summed E-state index contributed by atoms with van der Waals surface area (Å²) in [6.45, 7) is 9.54. The summed E-state index contributed by atoms with van der Waals surface area (Å²) in [5.41, 5.74) is 6.81. The number of carbonyl (C=O) groups is 1.